The van der Waals surface area contributed by atoms with E-state index in [4.69, 9.17) is 0 Å². The number of unbranched alkanes of at least 4 members (excludes halogenated alkanes) is 5. The number of carboxylic acid groups (broad SMARTS) is 1. The molecule has 0 amide bonds. The number of aryl methyl sites for hydroxylation is 1. The van der Waals surface area contributed by atoms with E-state index in [-0.39, 0.29) is 17.3 Å². The summed E-state index contributed by atoms with van der Waals surface area (Å²) in [6.45, 7) is 4.28. The zero-order valence-corrected chi connectivity index (χ0v) is 17.1. The Kier molecular flexibility index (Phi) is 9.40. The van der Waals surface area contributed by atoms with Gasteiger partial charge in [0.05, 0.1) is 0 Å². The van der Waals surface area contributed by atoms with Crippen molar-refractivity contribution in [1.82, 2.24) is 9.97 Å². The lowest BCUT2D eigenvalue weighted by Gasteiger charge is -2.12. The number of rotatable bonds is 12. The molecule has 1 unspecified atom stereocenters. The molecular weight excluding hydrogens is 348 g/mol. The van der Waals surface area contributed by atoms with Crippen molar-refractivity contribution in [1.29, 1.82) is 0 Å². The van der Waals surface area contributed by atoms with Gasteiger partial charge in [-0.05, 0) is 30.4 Å². The Morgan fingerprint density at radius 3 is 2.25 bits per heavy atom. The molecule has 0 aliphatic rings. The summed E-state index contributed by atoms with van der Waals surface area (Å²) in [6.07, 6.45) is 14.6. The van der Waals surface area contributed by atoms with Crippen LogP contribution in [-0.4, -0.2) is 21.0 Å². The highest BCUT2D eigenvalue weighted by Crippen LogP contribution is 2.25. The van der Waals surface area contributed by atoms with E-state index in [9.17, 15) is 9.90 Å². The van der Waals surface area contributed by atoms with Gasteiger partial charge in [-0.1, -0.05) is 82.4 Å². The molecule has 4 nitrogen and oxygen atoms in total. The Hall–Kier alpha value is -2.49. The lowest BCUT2D eigenvalue weighted by molar-refractivity contribution is -0.130. The van der Waals surface area contributed by atoms with E-state index in [2.05, 4.69) is 23.8 Å². The number of benzene rings is 1. The number of carbonyl (C=O) groups is 1. The Morgan fingerprint density at radius 2 is 1.64 bits per heavy atom. The molecule has 0 saturated heterocycles. The van der Waals surface area contributed by atoms with Crippen LogP contribution in [0.1, 0.15) is 81.7 Å². The first-order valence-corrected chi connectivity index (χ1v) is 10.5. The van der Waals surface area contributed by atoms with Gasteiger partial charge in [-0.2, -0.15) is 0 Å². The second kappa shape index (κ2) is 12.1. The van der Waals surface area contributed by atoms with Crippen LogP contribution in [0.2, 0.25) is 0 Å². The van der Waals surface area contributed by atoms with Crippen LogP contribution < -0.4 is 0 Å². The first-order chi connectivity index (χ1) is 13.7. The minimum absolute atomic E-state index is 0.0266. The SMILES string of the molecule is CCCCCCCCc1cnc(/C(=C\C(CC)c2ccccc2)C(=O)O)nc1. The van der Waals surface area contributed by atoms with E-state index in [1.54, 1.807) is 18.5 Å². The number of aliphatic carboxylic acids is 1. The zero-order chi connectivity index (χ0) is 20.2. The van der Waals surface area contributed by atoms with Crippen molar-refractivity contribution >= 4 is 11.5 Å². The second-order valence-corrected chi connectivity index (χ2v) is 7.24. The fourth-order valence-corrected chi connectivity index (χ4v) is 3.33. The molecular formula is C24H32N2O2. The largest absolute Gasteiger partial charge is 0.478 e. The van der Waals surface area contributed by atoms with Gasteiger partial charge in [-0.25, -0.2) is 14.8 Å². The minimum Gasteiger partial charge on any atom is -0.478 e. The molecule has 1 N–H and O–H groups in total. The maximum Gasteiger partial charge on any atom is 0.339 e. The molecule has 28 heavy (non-hydrogen) atoms. The normalized spacial score (nSPS) is 12.7. The number of carboxylic acids is 1. The van der Waals surface area contributed by atoms with Crippen LogP contribution in [0.15, 0.2) is 48.8 Å². The Labute approximate surface area is 168 Å². The predicted octanol–water partition coefficient (Wildman–Crippen LogP) is 6.04. The minimum atomic E-state index is -0.988. The van der Waals surface area contributed by atoms with E-state index < -0.39 is 5.97 Å². The third kappa shape index (κ3) is 6.91. The van der Waals surface area contributed by atoms with Crippen molar-refractivity contribution in [2.24, 2.45) is 0 Å². The number of hydrogen-bond acceptors (Lipinski definition) is 3. The second-order valence-electron chi connectivity index (χ2n) is 7.24. The van der Waals surface area contributed by atoms with Crippen LogP contribution >= 0.6 is 0 Å². The van der Waals surface area contributed by atoms with Gasteiger partial charge in [0.1, 0.15) is 5.57 Å². The first-order valence-electron chi connectivity index (χ1n) is 10.5. The van der Waals surface area contributed by atoms with Crippen molar-refractivity contribution in [2.75, 3.05) is 0 Å². The summed E-state index contributed by atoms with van der Waals surface area (Å²) in [7, 11) is 0. The van der Waals surface area contributed by atoms with Crippen molar-refractivity contribution < 1.29 is 9.90 Å². The highest BCUT2D eigenvalue weighted by molar-refractivity contribution is 6.14. The molecule has 1 atom stereocenters. The number of nitrogens with zero attached hydrogens (tertiary/aromatic N) is 2. The van der Waals surface area contributed by atoms with Crippen LogP contribution in [0, 0.1) is 0 Å². The van der Waals surface area contributed by atoms with E-state index in [0.717, 1.165) is 30.4 Å². The molecule has 1 heterocycles. The summed E-state index contributed by atoms with van der Waals surface area (Å²) in [5.74, 6) is -0.676. The number of hydrogen-bond donors (Lipinski definition) is 1. The smallest absolute Gasteiger partial charge is 0.339 e. The standard InChI is InChI=1S/C24H32N2O2/c1-3-5-6-7-8-10-13-19-17-25-23(26-18-19)22(24(27)28)16-20(4-2)21-14-11-9-12-15-21/h9,11-12,14-18,20H,3-8,10,13H2,1-2H3,(H,27,28)/b22-16+. The van der Waals surface area contributed by atoms with E-state index in [1.165, 1.54) is 32.1 Å². The molecule has 0 radical (unpaired) electrons. The average Bonchev–Trinajstić information content (AvgIpc) is 2.72. The van der Waals surface area contributed by atoms with Gasteiger partial charge < -0.3 is 5.11 Å². The monoisotopic (exact) mass is 380 g/mol. The molecule has 0 aliphatic heterocycles. The van der Waals surface area contributed by atoms with Crippen LogP contribution in [0.25, 0.3) is 5.57 Å². The maximum atomic E-state index is 11.8. The van der Waals surface area contributed by atoms with E-state index in [1.807, 2.05) is 30.3 Å². The van der Waals surface area contributed by atoms with Crippen molar-refractivity contribution in [3.63, 3.8) is 0 Å². The maximum absolute atomic E-state index is 11.8. The first kappa shape index (κ1) is 21.8. The molecule has 2 rings (SSSR count). The molecule has 0 saturated carbocycles. The van der Waals surface area contributed by atoms with Gasteiger partial charge in [0, 0.05) is 18.3 Å². The molecule has 0 bridgehead atoms. The highest BCUT2D eigenvalue weighted by atomic mass is 16.4. The molecule has 4 heteroatoms. The fraction of sp³-hybridized carbons (Fsp3) is 0.458. The number of aromatic nitrogens is 2. The fourth-order valence-electron chi connectivity index (χ4n) is 3.33. The molecule has 1 aromatic carbocycles. The van der Waals surface area contributed by atoms with Crippen LogP contribution in [-0.2, 0) is 11.2 Å². The topological polar surface area (TPSA) is 63.1 Å². The molecule has 0 aliphatic carbocycles. The Balaban J connectivity index is 2.04. The van der Waals surface area contributed by atoms with Crippen molar-refractivity contribution in [3.05, 3.63) is 65.8 Å². The quantitative estimate of drug-likeness (QED) is 0.360. The summed E-state index contributed by atoms with van der Waals surface area (Å²) < 4.78 is 0. The lowest BCUT2D eigenvalue weighted by atomic mass is 9.94. The highest BCUT2D eigenvalue weighted by Gasteiger charge is 2.17. The molecule has 150 valence electrons. The summed E-state index contributed by atoms with van der Waals surface area (Å²) in [6, 6.07) is 9.95. The zero-order valence-electron chi connectivity index (χ0n) is 17.1. The van der Waals surface area contributed by atoms with Gasteiger partial charge in [0.25, 0.3) is 0 Å². The average molecular weight is 381 g/mol. The molecule has 0 spiro atoms. The third-order valence-electron chi connectivity index (χ3n) is 5.03. The summed E-state index contributed by atoms with van der Waals surface area (Å²) in [5.41, 5.74) is 2.34. The van der Waals surface area contributed by atoms with Crippen LogP contribution in [0.3, 0.4) is 0 Å². The molecule has 2 aromatic rings. The van der Waals surface area contributed by atoms with E-state index >= 15 is 0 Å². The van der Waals surface area contributed by atoms with Gasteiger partial charge in [0.15, 0.2) is 5.82 Å². The van der Waals surface area contributed by atoms with Crippen molar-refractivity contribution in [3.8, 4) is 0 Å². The third-order valence-corrected chi connectivity index (χ3v) is 5.03. The Morgan fingerprint density at radius 1 is 1.00 bits per heavy atom. The van der Waals surface area contributed by atoms with Crippen molar-refractivity contribution in [2.45, 2.75) is 71.1 Å². The van der Waals surface area contributed by atoms with Crippen LogP contribution in [0.5, 0.6) is 0 Å². The molecule has 1 aromatic heterocycles. The summed E-state index contributed by atoms with van der Waals surface area (Å²) in [4.78, 5) is 20.5. The summed E-state index contributed by atoms with van der Waals surface area (Å²) in [5, 5.41) is 9.68. The molecule has 0 fully saturated rings. The predicted molar refractivity (Wildman–Crippen MR) is 114 cm³/mol. The van der Waals surface area contributed by atoms with Gasteiger partial charge in [-0.3, -0.25) is 0 Å². The van der Waals surface area contributed by atoms with Gasteiger partial charge in [0.2, 0.25) is 0 Å². The number of allylic oxidation sites excluding steroid dienone is 1. The van der Waals surface area contributed by atoms with Gasteiger partial charge in [-0.15, -0.1) is 0 Å². The lowest BCUT2D eigenvalue weighted by Crippen LogP contribution is -2.07. The van der Waals surface area contributed by atoms with E-state index in [0.29, 0.717) is 0 Å². The van der Waals surface area contributed by atoms with Gasteiger partial charge >= 0.3 is 5.97 Å². The van der Waals surface area contributed by atoms with Crippen LogP contribution in [0.4, 0.5) is 0 Å². The Bertz CT molecular complexity index is 739. The summed E-state index contributed by atoms with van der Waals surface area (Å²) >= 11 is 0.